The Kier molecular flexibility index (Phi) is 7.02. The topological polar surface area (TPSA) is 71.5 Å². The summed E-state index contributed by atoms with van der Waals surface area (Å²) in [4.78, 5) is 30.5. The van der Waals surface area contributed by atoms with Crippen molar-refractivity contribution in [1.82, 2.24) is 15.0 Å². The zero-order valence-electron chi connectivity index (χ0n) is 19.4. The summed E-state index contributed by atoms with van der Waals surface area (Å²) >= 11 is 1.30. The molecule has 0 aliphatic carbocycles. The zero-order valence-corrected chi connectivity index (χ0v) is 20.2. The van der Waals surface area contributed by atoms with Crippen molar-refractivity contribution in [2.45, 2.75) is 31.9 Å². The maximum atomic E-state index is 14.8. The smallest absolute Gasteiger partial charge is 0.348 e. The van der Waals surface area contributed by atoms with Crippen LogP contribution in [-0.2, 0) is 11.3 Å². The van der Waals surface area contributed by atoms with Gasteiger partial charge in [-0.3, -0.25) is 19.4 Å². The number of para-hydroxylation sites is 3. The normalized spacial score (nSPS) is 14.8. The second kappa shape index (κ2) is 10.4. The fourth-order valence-electron chi connectivity index (χ4n) is 4.16. The van der Waals surface area contributed by atoms with Crippen molar-refractivity contribution in [3.05, 3.63) is 77.3 Å². The number of hydrogen-bond acceptors (Lipinski definition) is 7. The van der Waals surface area contributed by atoms with E-state index < -0.39 is 24.2 Å². The summed E-state index contributed by atoms with van der Waals surface area (Å²) in [6, 6.07) is 13.1. The number of thiazole rings is 1. The molecular formula is C25H21F4N5O2S. The van der Waals surface area contributed by atoms with E-state index in [1.165, 1.54) is 40.6 Å². The number of carbonyl (C=O) groups is 1. The lowest BCUT2D eigenvalue weighted by Gasteiger charge is -2.31. The van der Waals surface area contributed by atoms with E-state index in [-0.39, 0.29) is 30.8 Å². The van der Waals surface area contributed by atoms with Crippen LogP contribution < -0.4 is 9.80 Å². The number of nitrogens with zero attached hydrogens (tertiary/aromatic N) is 5. The largest absolute Gasteiger partial charge is 0.522 e. The molecule has 3 heterocycles. The number of piperidine rings is 1. The number of ether oxygens (including phenoxy) is 1. The predicted molar refractivity (Wildman–Crippen MR) is 131 cm³/mol. The molecule has 0 saturated carbocycles. The summed E-state index contributed by atoms with van der Waals surface area (Å²) in [5.41, 5.74) is 1.33. The molecule has 0 bridgehead atoms. The number of rotatable bonds is 6. The molecule has 0 N–H and O–H groups in total. The molecule has 4 aromatic rings. The van der Waals surface area contributed by atoms with Crippen LogP contribution in [0.25, 0.3) is 11.0 Å². The number of amides is 1. The Morgan fingerprint density at radius 3 is 2.46 bits per heavy atom. The van der Waals surface area contributed by atoms with E-state index >= 15 is 0 Å². The summed E-state index contributed by atoms with van der Waals surface area (Å²) in [6.07, 6.45) is -2.15. The minimum Gasteiger partial charge on any atom is -0.348 e. The Labute approximate surface area is 213 Å². The van der Waals surface area contributed by atoms with Gasteiger partial charge in [0.15, 0.2) is 5.13 Å². The average Bonchev–Trinajstić information content (AvgIpc) is 3.35. The van der Waals surface area contributed by atoms with E-state index in [1.54, 1.807) is 30.5 Å². The number of hydrogen-bond donors (Lipinski definition) is 0. The van der Waals surface area contributed by atoms with E-state index in [0.29, 0.717) is 34.1 Å². The van der Waals surface area contributed by atoms with Crippen molar-refractivity contribution in [2.75, 3.05) is 22.9 Å². The monoisotopic (exact) mass is 531 g/mol. The van der Waals surface area contributed by atoms with Gasteiger partial charge in [0.1, 0.15) is 11.5 Å². The number of aromatic nitrogens is 3. The van der Waals surface area contributed by atoms with Crippen LogP contribution >= 0.6 is 11.3 Å². The fraction of sp³-hybridized carbons (Fsp3) is 0.280. The SMILES string of the molecule is O=C(c1cnc2ccccc2n1)N(Cc1cnc(N2CCC(OC(F)(F)F)CC2)s1)c1ccccc1F. The molecule has 192 valence electrons. The lowest BCUT2D eigenvalue weighted by molar-refractivity contribution is -0.344. The molecule has 1 fully saturated rings. The van der Waals surface area contributed by atoms with Crippen molar-refractivity contribution < 1.29 is 27.1 Å². The lowest BCUT2D eigenvalue weighted by atomic mass is 10.1. The van der Waals surface area contributed by atoms with Crippen molar-refractivity contribution in [2.24, 2.45) is 0 Å². The molecule has 2 aromatic heterocycles. The van der Waals surface area contributed by atoms with Crippen molar-refractivity contribution in [3.8, 4) is 0 Å². The summed E-state index contributed by atoms with van der Waals surface area (Å²) in [6.45, 7) is 0.742. The van der Waals surface area contributed by atoms with Crippen LogP contribution in [0.5, 0.6) is 0 Å². The van der Waals surface area contributed by atoms with Gasteiger partial charge in [0.2, 0.25) is 0 Å². The molecule has 5 rings (SSSR count). The first-order valence-corrected chi connectivity index (χ1v) is 12.3. The van der Waals surface area contributed by atoms with Gasteiger partial charge in [0.05, 0.1) is 35.6 Å². The maximum absolute atomic E-state index is 14.8. The molecule has 0 atom stereocenters. The van der Waals surface area contributed by atoms with Crippen molar-refractivity contribution in [1.29, 1.82) is 0 Å². The van der Waals surface area contributed by atoms with E-state index in [2.05, 4.69) is 19.7 Å². The summed E-state index contributed by atoms with van der Waals surface area (Å²) in [5, 5.41) is 0.617. The molecule has 0 spiro atoms. The summed E-state index contributed by atoms with van der Waals surface area (Å²) in [5.74, 6) is -1.09. The van der Waals surface area contributed by atoms with Crippen molar-refractivity contribution in [3.63, 3.8) is 0 Å². The van der Waals surface area contributed by atoms with E-state index in [4.69, 9.17) is 0 Å². The Hall–Kier alpha value is -3.64. The third kappa shape index (κ3) is 5.86. The molecule has 12 heteroatoms. The second-order valence-corrected chi connectivity index (χ2v) is 9.54. The maximum Gasteiger partial charge on any atom is 0.522 e. The Morgan fingerprint density at radius 2 is 1.73 bits per heavy atom. The number of fused-ring (bicyclic) bond motifs is 1. The van der Waals surface area contributed by atoms with Gasteiger partial charge in [-0.15, -0.1) is 24.5 Å². The molecular weight excluding hydrogens is 510 g/mol. The predicted octanol–water partition coefficient (Wildman–Crippen LogP) is 5.58. The standard InChI is InChI=1S/C25H21F4N5O2S/c26-18-5-1-4-8-22(18)34(23(35)21-14-30-19-6-2-3-7-20(19)32-21)15-17-13-31-24(37-17)33-11-9-16(10-12-33)36-25(27,28)29/h1-8,13-14,16H,9-12,15H2. The van der Waals surface area contributed by atoms with Gasteiger partial charge in [-0.2, -0.15) is 0 Å². The Bertz CT molecular complexity index is 1410. The van der Waals surface area contributed by atoms with E-state index in [0.717, 1.165) is 0 Å². The van der Waals surface area contributed by atoms with Crippen LogP contribution in [0, 0.1) is 5.82 Å². The third-order valence-corrected chi connectivity index (χ3v) is 6.97. The first-order valence-electron chi connectivity index (χ1n) is 11.5. The highest BCUT2D eigenvalue weighted by atomic mass is 32.1. The first-order chi connectivity index (χ1) is 17.8. The number of halogens is 4. The summed E-state index contributed by atoms with van der Waals surface area (Å²) in [7, 11) is 0. The Morgan fingerprint density at radius 1 is 1.03 bits per heavy atom. The second-order valence-electron chi connectivity index (χ2n) is 8.45. The molecule has 1 saturated heterocycles. The van der Waals surface area contributed by atoms with Crippen LogP contribution in [0.3, 0.4) is 0 Å². The molecule has 0 unspecified atom stereocenters. The highest BCUT2D eigenvalue weighted by Crippen LogP contribution is 2.31. The van der Waals surface area contributed by atoms with Gasteiger partial charge in [0.25, 0.3) is 5.91 Å². The first kappa shape index (κ1) is 25.0. The summed E-state index contributed by atoms with van der Waals surface area (Å²) < 4.78 is 56.4. The van der Waals surface area contributed by atoms with Gasteiger partial charge in [0, 0.05) is 24.2 Å². The highest BCUT2D eigenvalue weighted by Gasteiger charge is 2.35. The molecule has 1 aliphatic rings. The van der Waals surface area contributed by atoms with Crippen LogP contribution in [0.1, 0.15) is 28.2 Å². The highest BCUT2D eigenvalue weighted by molar-refractivity contribution is 7.15. The van der Waals surface area contributed by atoms with Gasteiger partial charge in [-0.25, -0.2) is 14.4 Å². The average molecular weight is 532 g/mol. The van der Waals surface area contributed by atoms with Crippen LogP contribution in [0.2, 0.25) is 0 Å². The van der Waals surface area contributed by atoms with Crippen LogP contribution in [0.15, 0.2) is 60.9 Å². The third-order valence-electron chi connectivity index (χ3n) is 5.92. The van der Waals surface area contributed by atoms with E-state index in [9.17, 15) is 22.4 Å². The van der Waals surface area contributed by atoms with Crippen LogP contribution in [-0.4, -0.2) is 46.4 Å². The van der Waals surface area contributed by atoms with Crippen LogP contribution in [0.4, 0.5) is 28.4 Å². The minimum absolute atomic E-state index is 0.0274. The molecule has 7 nitrogen and oxygen atoms in total. The van der Waals surface area contributed by atoms with E-state index in [1.807, 2.05) is 11.0 Å². The van der Waals surface area contributed by atoms with Gasteiger partial charge in [-0.05, 0) is 37.1 Å². The molecule has 1 aliphatic heterocycles. The number of alkyl halides is 3. The molecule has 2 aromatic carbocycles. The molecule has 1 amide bonds. The van der Waals surface area contributed by atoms with Gasteiger partial charge in [-0.1, -0.05) is 24.3 Å². The quantitative estimate of drug-likeness (QED) is 0.303. The van der Waals surface area contributed by atoms with Gasteiger partial charge < -0.3 is 4.90 Å². The number of benzene rings is 2. The Balaban J connectivity index is 1.36. The lowest BCUT2D eigenvalue weighted by Crippen LogP contribution is -2.39. The van der Waals surface area contributed by atoms with Crippen molar-refractivity contribution >= 4 is 39.1 Å². The zero-order chi connectivity index (χ0) is 26.0. The molecule has 37 heavy (non-hydrogen) atoms. The number of anilines is 2. The number of carbonyl (C=O) groups excluding carboxylic acids is 1. The molecule has 0 radical (unpaired) electrons. The fourth-order valence-corrected chi connectivity index (χ4v) is 5.11. The van der Waals surface area contributed by atoms with Gasteiger partial charge >= 0.3 is 6.36 Å². The minimum atomic E-state index is -4.65.